The van der Waals surface area contributed by atoms with E-state index in [1.165, 1.54) is 13.0 Å². The lowest BCUT2D eigenvalue weighted by Crippen LogP contribution is -2.32. The van der Waals surface area contributed by atoms with Gasteiger partial charge in [-0.1, -0.05) is 27.7 Å². The van der Waals surface area contributed by atoms with Gasteiger partial charge >= 0.3 is 0 Å². The summed E-state index contributed by atoms with van der Waals surface area (Å²) in [5, 5.41) is 0. The van der Waals surface area contributed by atoms with E-state index >= 15 is 0 Å². The number of Topliss-reactive ketones (excluding diaryl/α,β-unsaturated/α-hetero) is 2. The maximum atomic E-state index is 14.3. The Morgan fingerprint density at radius 1 is 1.21 bits per heavy atom. The van der Waals surface area contributed by atoms with Gasteiger partial charge in [-0.3, -0.25) is 4.79 Å². The van der Waals surface area contributed by atoms with Crippen molar-refractivity contribution in [3.63, 3.8) is 0 Å². The third kappa shape index (κ3) is 5.43. The molecule has 2 unspecified atom stereocenters. The minimum atomic E-state index is -0.715. The molecule has 0 aliphatic heterocycles. The molecule has 134 valence electrons. The smallest absolute Gasteiger partial charge is 0.176 e. The molecule has 0 radical (unpaired) electrons. The first kappa shape index (κ1) is 20.3. The molecule has 0 aromatic heterocycles. The van der Waals surface area contributed by atoms with Crippen LogP contribution in [0.25, 0.3) is 0 Å². The average Bonchev–Trinajstić information content (AvgIpc) is 2.48. The van der Waals surface area contributed by atoms with Gasteiger partial charge in [0.1, 0.15) is 17.3 Å². The molecule has 0 fully saturated rings. The predicted molar refractivity (Wildman–Crippen MR) is 94.0 cm³/mol. The minimum Gasteiger partial charge on any atom is -0.483 e. The summed E-state index contributed by atoms with van der Waals surface area (Å²) in [5.41, 5.74) is 1.47. The van der Waals surface area contributed by atoms with Crippen molar-refractivity contribution in [2.45, 2.75) is 72.8 Å². The fourth-order valence-electron chi connectivity index (χ4n) is 2.80. The summed E-state index contributed by atoms with van der Waals surface area (Å²) >= 11 is 0. The van der Waals surface area contributed by atoms with Gasteiger partial charge in [0.15, 0.2) is 11.9 Å². The number of benzene rings is 1. The van der Waals surface area contributed by atoms with Gasteiger partial charge in [-0.2, -0.15) is 0 Å². The Kier molecular flexibility index (Phi) is 7.59. The molecule has 0 bridgehead atoms. The van der Waals surface area contributed by atoms with Crippen molar-refractivity contribution in [2.75, 3.05) is 0 Å². The number of ether oxygens (including phenoxy) is 1. The SMILES string of the molecule is CCC(C)C(=O)C(CCC(C)=O)Oc1cc(C)c(C(C)C)c(F)c1. The number of hydrogen-bond donors (Lipinski definition) is 0. The molecule has 1 aromatic rings. The Morgan fingerprint density at radius 3 is 2.29 bits per heavy atom. The molecule has 0 heterocycles. The molecule has 0 saturated carbocycles. The van der Waals surface area contributed by atoms with Crippen molar-refractivity contribution in [2.24, 2.45) is 5.92 Å². The highest BCUT2D eigenvalue weighted by Gasteiger charge is 2.25. The third-order valence-corrected chi connectivity index (χ3v) is 4.34. The van der Waals surface area contributed by atoms with Crippen LogP contribution in [0.3, 0.4) is 0 Å². The van der Waals surface area contributed by atoms with E-state index in [2.05, 4.69) is 0 Å². The second-order valence-electron chi connectivity index (χ2n) is 6.85. The van der Waals surface area contributed by atoms with Gasteiger partial charge in [-0.15, -0.1) is 0 Å². The molecule has 0 aliphatic rings. The first-order chi connectivity index (χ1) is 11.2. The molecule has 1 aromatic carbocycles. The van der Waals surface area contributed by atoms with Gasteiger partial charge in [0.2, 0.25) is 0 Å². The van der Waals surface area contributed by atoms with Crippen LogP contribution in [0.4, 0.5) is 4.39 Å². The number of carbonyl (C=O) groups excluding carboxylic acids is 2. The zero-order chi connectivity index (χ0) is 18.4. The van der Waals surface area contributed by atoms with Crippen LogP contribution in [0.15, 0.2) is 12.1 Å². The van der Waals surface area contributed by atoms with Crippen LogP contribution in [0, 0.1) is 18.7 Å². The quantitative estimate of drug-likeness (QED) is 0.638. The predicted octanol–water partition coefficient (Wildman–Crippen LogP) is 4.99. The molecule has 1 rings (SSSR count). The standard InChI is InChI=1S/C20H29FO3/c1-7-13(4)20(23)18(9-8-15(6)22)24-16-10-14(5)19(12(2)3)17(21)11-16/h10-13,18H,7-9H2,1-6H3. The molecule has 0 spiro atoms. The molecule has 0 N–H and O–H groups in total. The number of halogens is 1. The molecule has 2 atom stereocenters. The zero-order valence-corrected chi connectivity index (χ0v) is 15.6. The summed E-state index contributed by atoms with van der Waals surface area (Å²) in [5.74, 6) is -0.0686. The first-order valence-electron chi connectivity index (χ1n) is 8.67. The van der Waals surface area contributed by atoms with Crippen molar-refractivity contribution >= 4 is 11.6 Å². The molecule has 0 aliphatic carbocycles. The van der Waals surface area contributed by atoms with Crippen molar-refractivity contribution in [1.82, 2.24) is 0 Å². The topological polar surface area (TPSA) is 43.4 Å². The maximum absolute atomic E-state index is 14.3. The summed E-state index contributed by atoms with van der Waals surface area (Å²) in [6, 6.07) is 3.11. The molecule has 0 amide bonds. The number of carbonyl (C=O) groups is 2. The van der Waals surface area contributed by atoms with Gasteiger partial charge in [0, 0.05) is 18.4 Å². The highest BCUT2D eigenvalue weighted by Crippen LogP contribution is 2.28. The van der Waals surface area contributed by atoms with E-state index in [-0.39, 0.29) is 35.6 Å². The number of rotatable bonds is 9. The third-order valence-electron chi connectivity index (χ3n) is 4.34. The van der Waals surface area contributed by atoms with E-state index in [0.29, 0.717) is 24.2 Å². The van der Waals surface area contributed by atoms with E-state index in [1.54, 1.807) is 6.07 Å². The second-order valence-corrected chi connectivity index (χ2v) is 6.85. The van der Waals surface area contributed by atoms with Crippen molar-refractivity contribution < 1.29 is 18.7 Å². The van der Waals surface area contributed by atoms with Crippen LogP contribution in [0.5, 0.6) is 5.75 Å². The van der Waals surface area contributed by atoms with Gasteiger partial charge in [-0.05, 0) is 49.8 Å². The summed E-state index contributed by atoms with van der Waals surface area (Å²) in [4.78, 5) is 23.8. The first-order valence-corrected chi connectivity index (χ1v) is 8.67. The van der Waals surface area contributed by atoms with Gasteiger partial charge in [0.05, 0.1) is 0 Å². The molecule has 3 nitrogen and oxygen atoms in total. The molecule has 0 saturated heterocycles. The van der Waals surface area contributed by atoms with Crippen molar-refractivity contribution in [3.8, 4) is 5.75 Å². The second kappa shape index (κ2) is 8.95. The Hall–Kier alpha value is -1.71. The Labute approximate surface area is 144 Å². The van der Waals surface area contributed by atoms with E-state index in [1.807, 2.05) is 34.6 Å². The van der Waals surface area contributed by atoms with Crippen LogP contribution >= 0.6 is 0 Å². The number of ketones is 2. The van der Waals surface area contributed by atoms with E-state index in [9.17, 15) is 14.0 Å². The number of hydrogen-bond acceptors (Lipinski definition) is 3. The minimum absolute atomic E-state index is 0.0121. The van der Waals surface area contributed by atoms with Crippen LogP contribution in [-0.4, -0.2) is 17.7 Å². The van der Waals surface area contributed by atoms with E-state index in [0.717, 1.165) is 5.56 Å². The van der Waals surface area contributed by atoms with Gasteiger partial charge in [0.25, 0.3) is 0 Å². The Balaban J connectivity index is 3.05. The van der Waals surface area contributed by atoms with Crippen LogP contribution < -0.4 is 4.74 Å². The fraction of sp³-hybridized carbons (Fsp3) is 0.600. The summed E-state index contributed by atoms with van der Waals surface area (Å²) in [6.07, 6.45) is 0.592. The normalized spacial score (nSPS) is 13.7. The monoisotopic (exact) mass is 336 g/mol. The number of aryl methyl sites for hydroxylation is 1. The zero-order valence-electron chi connectivity index (χ0n) is 15.6. The highest BCUT2D eigenvalue weighted by atomic mass is 19.1. The molecule has 4 heteroatoms. The molecular formula is C20H29FO3. The summed E-state index contributed by atoms with van der Waals surface area (Å²) in [6.45, 7) is 11.0. The highest BCUT2D eigenvalue weighted by molar-refractivity contribution is 5.86. The van der Waals surface area contributed by atoms with Gasteiger partial charge in [-0.25, -0.2) is 4.39 Å². The van der Waals surface area contributed by atoms with E-state index < -0.39 is 6.10 Å². The van der Waals surface area contributed by atoms with Crippen LogP contribution in [-0.2, 0) is 9.59 Å². The lowest BCUT2D eigenvalue weighted by atomic mass is 9.95. The van der Waals surface area contributed by atoms with Crippen molar-refractivity contribution in [3.05, 3.63) is 29.1 Å². The maximum Gasteiger partial charge on any atom is 0.176 e. The lowest BCUT2D eigenvalue weighted by Gasteiger charge is -2.22. The molecule has 24 heavy (non-hydrogen) atoms. The Bertz CT molecular complexity index is 570. The largest absolute Gasteiger partial charge is 0.483 e. The van der Waals surface area contributed by atoms with Crippen LogP contribution in [0.1, 0.15) is 70.9 Å². The summed E-state index contributed by atoms with van der Waals surface area (Å²) < 4.78 is 20.1. The van der Waals surface area contributed by atoms with Crippen molar-refractivity contribution in [1.29, 1.82) is 0 Å². The van der Waals surface area contributed by atoms with Crippen LogP contribution in [0.2, 0.25) is 0 Å². The average molecular weight is 336 g/mol. The summed E-state index contributed by atoms with van der Waals surface area (Å²) in [7, 11) is 0. The fourth-order valence-corrected chi connectivity index (χ4v) is 2.80. The Morgan fingerprint density at radius 2 is 1.83 bits per heavy atom. The van der Waals surface area contributed by atoms with Gasteiger partial charge < -0.3 is 9.53 Å². The van der Waals surface area contributed by atoms with E-state index in [4.69, 9.17) is 4.74 Å². The molecular weight excluding hydrogens is 307 g/mol. The lowest BCUT2D eigenvalue weighted by molar-refractivity contribution is -0.130.